The van der Waals surface area contributed by atoms with Gasteiger partial charge in [0.1, 0.15) is 0 Å². The number of para-hydroxylation sites is 4. The Kier molecular flexibility index (Phi) is 46.7. The van der Waals surface area contributed by atoms with Crippen molar-refractivity contribution >= 4 is 109 Å². The first-order valence-electron chi connectivity index (χ1n) is 41.4. The molecule has 10 aromatic carbocycles. The Morgan fingerprint density at radius 1 is 0.341 bits per heavy atom. The van der Waals surface area contributed by atoms with Crippen LogP contribution in [0.5, 0.6) is 0 Å². The molecule has 20 rings (SSSR count). The van der Waals surface area contributed by atoms with Gasteiger partial charge in [-0.15, -0.1) is 183 Å². The molecular weight excluding hydrogens is 2460 g/mol. The van der Waals surface area contributed by atoms with Crippen molar-refractivity contribution in [2.45, 2.75) is 106 Å². The summed E-state index contributed by atoms with van der Waals surface area (Å²) in [5.41, 5.74) is 20.8. The summed E-state index contributed by atoms with van der Waals surface area (Å²) < 4.78 is 4.91. The third-order valence-corrected chi connectivity index (χ3v) is 24.9. The minimum atomic E-state index is -0.537. The number of hydrogen-bond acceptors (Lipinski definition) is 19. The van der Waals surface area contributed by atoms with E-state index in [1.807, 2.05) is 211 Å². The average Bonchev–Trinajstić information content (AvgIpc) is 1.57. The molecule has 13 nitrogen and oxygen atoms in total. The Hall–Kier alpha value is -10.3. The van der Waals surface area contributed by atoms with Gasteiger partial charge >= 0.3 is 0 Å². The smallest absolute Gasteiger partial charge is 0.0877 e. The summed E-state index contributed by atoms with van der Waals surface area (Å²) in [4.78, 5) is 33.4. The molecule has 0 saturated heterocycles. The van der Waals surface area contributed by atoms with Gasteiger partial charge in [0, 0.05) is 143 Å². The van der Waals surface area contributed by atoms with E-state index in [1.54, 1.807) is 101 Å². The molecule has 0 spiro atoms. The Balaban J connectivity index is 0.000000204. The predicted molar refractivity (Wildman–Crippen MR) is 537 cm³/mol. The molecule has 9 heterocycles. The molecule has 0 bridgehead atoms. The number of allylic oxidation sites excluding steroid dienone is 3. The number of hydrogen-bond donors (Lipinski definition) is 6. The fraction of sp³-hybridized carbons (Fsp3) is 0.147. The van der Waals surface area contributed by atoms with Crippen molar-refractivity contribution in [2.24, 2.45) is 0 Å². The predicted octanol–water partition coefficient (Wildman–Crippen LogP) is 29.0. The fourth-order valence-electron chi connectivity index (χ4n) is 13.1. The minimum Gasteiger partial charge on any atom is -0.513 e. The minimum absolute atomic E-state index is 0. The molecule has 684 valence electrons. The van der Waals surface area contributed by atoms with Crippen LogP contribution in [0.2, 0.25) is 0 Å². The summed E-state index contributed by atoms with van der Waals surface area (Å²) in [7, 11) is 0. The SMILES string of the molecule is CC(O)=CC(C)O.CC(O)=CC(C)O.CC(O)=CC(C)O.CCC1(CC)c2ccccc2-c2c[c-]c(-c3ccccn3)cc21.Cc1c[c-]c(-c2nc3ccccc3s2)cc1.Cc1c[c-]c(-c2nc3ccccc3s2)cc1.[Ir].[Ir].[Ir].[Ir].[c-]1ccccc1-c1nc2ccccc2s1.[c-]1ccccc1-c1nc2ccccc2s1.[c-]1ccsc1-c1ccccn1.[c-]1ccsc1-c1ccccn1. The number of aliphatic hydroxyl groups excluding tert-OH is 6. The molecule has 0 fully saturated rings. The Bertz CT molecular complexity index is 6130. The molecule has 0 amide bonds. The van der Waals surface area contributed by atoms with Crippen LogP contribution in [0.1, 0.15) is 90.5 Å². The van der Waals surface area contributed by atoms with Crippen molar-refractivity contribution in [2.75, 3.05) is 0 Å². The van der Waals surface area contributed by atoms with Gasteiger partial charge in [0.15, 0.2) is 0 Å². The largest absolute Gasteiger partial charge is 0.513 e. The molecule has 1 aliphatic carbocycles. The zero-order chi connectivity index (χ0) is 90.6. The molecule has 3 unspecified atom stereocenters. The molecule has 0 aliphatic heterocycles. The van der Waals surface area contributed by atoms with E-state index in [1.165, 1.54) is 91.2 Å². The maximum Gasteiger partial charge on any atom is 0.0877 e. The third kappa shape index (κ3) is 33.1. The maximum atomic E-state index is 8.49. The average molecular weight is 2560 g/mol. The number of pyridine rings is 3. The Morgan fingerprint density at radius 3 is 0.955 bits per heavy atom. The van der Waals surface area contributed by atoms with Crippen LogP contribution in [0.3, 0.4) is 0 Å². The fourth-order valence-corrected chi connectivity index (χ4v) is 18.3. The number of nitrogens with zero attached hydrogens (tertiary/aromatic N) is 7. The van der Waals surface area contributed by atoms with Crippen LogP contribution in [-0.2, 0) is 85.8 Å². The molecule has 3 atom stereocenters. The topological polar surface area (TPSA) is 212 Å². The van der Waals surface area contributed by atoms with E-state index < -0.39 is 18.3 Å². The van der Waals surface area contributed by atoms with Crippen molar-refractivity contribution < 1.29 is 111 Å². The van der Waals surface area contributed by atoms with Crippen LogP contribution >= 0.6 is 68.0 Å². The first kappa shape index (κ1) is 109. The van der Waals surface area contributed by atoms with Crippen LogP contribution in [0.25, 0.3) is 127 Å². The number of aromatic nitrogens is 7. The number of benzene rings is 10. The number of thiophene rings is 2. The Morgan fingerprint density at radius 2 is 0.667 bits per heavy atom. The number of aryl methyl sites for hydroxylation is 2. The van der Waals surface area contributed by atoms with Crippen molar-refractivity contribution in [3.05, 3.63) is 415 Å². The molecule has 6 N–H and O–H groups in total. The number of fused-ring (bicyclic) bond motifs is 7. The molecule has 1 aliphatic rings. The summed E-state index contributed by atoms with van der Waals surface area (Å²) in [6.07, 6.45) is 10.1. The first-order valence-corrected chi connectivity index (χ1v) is 46.5. The van der Waals surface area contributed by atoms with E-state index in [4.69, 9.17) is 30.6 Å². The van der Waals surface area contributed by atoms with Gasteiger partial charge < -0.3 is 45.6 Å². The molecule has 9 aromatic heterocycles. The summed E-state index contributed by atoms with van der Waals surface area (Å²) in [6.45, 7) is 18.0. The van der Waals surface area contributed by atoms with Gasteiger partial charge in [0.25, 0.3) is 0 Å². The van der Waals surface area contributed by atoms with E-state index in [2.05, 4.69) is 196 Å². The standard InChI is InChI=1S/C22H20N.2C14H10NS.2C13H8NS.2C9H6NS.3C5H10O2.4Ir/c1-3-22(4-2)19-10-6-5-9-17(19)18-13-12-16(15-20(18)22)21-11-7-8-14-23-21;2*1-10-6-8-11(9-7-10)14-15-12-4-2-3-5-13(12)16-14;2*1-2-6-10(7-3-1)13-14-11-8-4-5-9-12(11)15-13;2*1-2-6-10-8(4-1)9-5-3-7-11-9;3*1-4(6)3-5(2)7;;;;/h5-11,13-15H,3-4H2,1-2H3;2*2-8H,1H3;2*1-6,8-9H;2*1-4,6-7H;3*3-4,6-7H,1-2H3;;;;/q7*-1;;;;;;;. The molecule has 132 heavy (non-hydrogen) atoms. The maximum absolute atomic E-state index is 8.49. The van der Waals surface area contributed by atoms with Gasteiger partial charge in [0.05, 0.1) is 57.7 Å². The van der Waals surface area contributed by atoms with Gasteiger partial charge in [-0.2, -0.15) is 69.6 Å². The van der Waals surface area contributed by atoms with Gasteiger partial charge in [0.2, 0.25) is 0 Å². The van der Waals surface area contributed by atoms with E-state index in [-0.39, 0.29) is 103 Å². The van der Waals surface area contributed by atoms with E-state index in [0.717, 1.165) is 110 Å². The van der Waals surface area contributed by atoms with E-state index in [0.29, 0.717) is 0 Å². The Labute approximate surface area is 852 Å². The van der Waals surface area contributed by atoms with E-state index >= 15 is 0 Å². The molecule has 23 heteroatoms. The van der Waals surface area contributed by atoms with Gasteiger partial charge in [-0.1, -0.05) is 158 Å². The van der Waals surface area contributed by atoms with Crippen molar-refractivity contribution in [3.63, 3.8) is 0 Å². The summed E-state index contributed by atoms with van der Waals surface area (Å²) in [5.74, 6) is 0.486. The number of rotatable bonds is 12. The second-order valence-corrected chi connectivity index (χ2v) is 35.1. The van der Waals surface area contributed by atoms with Crippen molar-refractivity contribution in [1.29, 1.82) is 0 Å². The first-order chi connectivity index (χ1) is 62.1. The quantitative estimate of drug-likeness (QED) is 0.0497. The zero-order valence-corrected chi connectivity index (χ0v) is 88.5. The zero-order valence-electron chi connectivity index (χ0n) is 74.0. The molecular formula is C109H98Ir4N7O6S6-7. The van der Waals surface area contributed by atoms with Gasteiger partial charge in [-0.3, -0.25) is 19.9 Å². The van der Waals surface area contributed by atoms with Crippen LogP contribution in [-0.4, -0.2) is 83.8 Å². The van der Waals surface area contributed by atoms with Crippen molar-refractivity contribution in [1.82, 2.24) is 34.9 Å². The monoisotopic (exact) mass is 2560 g/mol. The van der Waals surface area contributed by atoms with Crippen molar-refractivity contribution in [3.8, 4) is 85.8 Å². The molecule has 0 saturated carbocycles. The number of aliphatic hydroxyl groups is 6. The summed E-state index contributed by atoms with van der Waals surface area (Å²) in [5, 5.41) is 58.9. The van der Waals surface area contributed by atoms with E-state index in [9.17, 15) is 0 Å². The second kappa shape index (κ2) is 56.7. The second-order valence-electron chi connectivity index (χ2n) is 29.1. The normalized spacial score (nSPS) is 11.8. The van der Waals surface area contributed by atoms with Crippen LogP contribution in [0, 0.1) is 56.3 Å². The third-order valence-electron chi connectivity index (χ3n) is 19.0. The van der Waals surface area contributed by atoms with Crippen LogP contribution in [0.15, 0.2) is 350 Å². The van der Waals surface area contributed by atoms with Crippen LogP contribution in [0.4, 0.5) is 0 Å². The number of thiazole rings is 4. The van der Waals surface area contributed by atoms with Gasteiger partial charge in [-0.25, -0.2) is 22.7 Å². The summed E-state index contributed by atoms with van der Waals surface area (Å²) in [6, 6.07) is 119. The van der Waals surface area contributed by atoms with Gasteiger partial charge in [-0.05, 0) is 162 Å². The summed E-state index contributed by atoms with van der Waals surface area (Å²) >= 11 is 10.2. The van der Waals surface area contributed by atoms with Crippen LogP contribution < -0.4 is 0 Å². The molecule has 19 aromatic rings. The molecule has 4 radical (unpaired) electrons.